The normalized spacial score (nSPS) is 10.5. The molecule has 24 heavy (non-hydrogen) atoms. The summed E-state index contributed by atoms with van der Waals surface area (Å²) in [6, 6.07) is 13.2. The molecule has 0 bridgehead atoms. The lowest BCUT2D eigenvalue weighted by molar-refractivity contribution is -0.115. The number of anilines is 1. The molecule has 0 radical (unpaired) electrons. The van der Waals surface area contributed by atoms with Crippen molar-refractivity contribution in [2.24, 2.45) is 0 Å². The van der Waals surface area contributed by atoms with E-state index in [1.807, 2.05) is 47.8 Å². The van der Waals surface area contributed by atoms with Gasteiger partial charge in [-0.05, 0) is 18.2 Å². The number of carbonyl (C=O) groups excluding carboxylic acids is 1. The highest BCUT2D eigenvalue weighted by Crippen LogP contribution is 2.30. The van der Waals surface area contributed by atoms with Crippen LogP contribution < -0.4 is 5.32 Å². The van der Waals surface area contributed by atoms with E-state index in [0.717, 1.165) is 16.3 Å². The largest absolute Gasteiger partial charge is 0.302 e. The average Bonchev–Trinajstić information content (AvgIpc) is 3.04. The van der Waals surface area contributed by atoms with Gasteiger partial charge in [-0.1, -0.05) is 35.9 Å². The standard InChI is InChI=1S/C17H14ClN3OS2/c18-13-6-2-1-5-12(13)14-11-24-17(20-14)21-15(22)8-10-23-16-7-3-4-9-19-16/h1-7,9,11H,8,10H2,(H,20,21,22). The summed E-state index contributed by atoms with van der Waals surface area (Å²) >= 11 is 9.12. The van der Waals surface area contributed by atoms with Crippen LogP contribution in [-0.2, 0) is 4.79 Å². The van der Waals surface area contributed by atoms with Crippen molar-refractivity contribution in [1.82, 2.24) is 9.97 Å². The lowest BCUT2D eigenvalue weighted by Crippen LogP contribution is -2.11. The van der Waals surface area contributed by atoms with Crippen molar-refractivity contribution in [2.75, 3.05) is 11.1 Å². The summed E-state index contributed by atoms with van der Waals surface area (Å²) in [5, 5.41) is 6.86. The number of amides is 1. The van der Waals surface area contributed by atoms with Crippen molar-refractivity contribution in [2.45, 2.75) is 11.4 Å². The molecule has 3 aromatic rings. The van der Waals surface area contributed by atoms with Crippen LogP contribution >= 0.6 is 34.7 Å². The summed E-state index contributed by atoms with van der Waals surface area (Å²) < 4.78 is 0. The summed E-state index contributed by atoms with van der Waals surface area (Å²) in [4.78, 5) is 20.7. The van der Waals surface area contributed by atoms with Gasteiger partial charge in [-0.2, -0.15) is 0 Å². The Bertz CT molecular complexity index is 823. The molecule has 1 N–H and O–H groups in total. The van der Waals surface area contributed by atoms with E-state index in [2.05, 4.69) is 15.3 Å². The molecule has 0 spiro atoms. The number of nitrogens with one attached hydrogen (secondary N) is 1. The highest BCUT2D eigenvalue weighted by atomic mass is 35.5. The Hall–Kier alpha value is -1.89. The van der Waals surface area contributed by atoms with Gasteiger partial charge in [0, 0.05) is 34.3 Å². The van der Waals surface area contributed by atoms with Crippen LogP contribution in [0.2, 0.25) is 5.02 Å². The van der Waals surface area contributed by atoms with E-state index in [9.17, 15) is 4.79 Å². The average molecular weight is 376 g/mol. The minimum atomic E-state index is -0.0570. The first-order chi connectivity index (χ1) is 11.7. The van der Waals surface area contributed by atoms with Crippen LogP contribution in [0.3, 0.4) is 0 Å². The van der Waals surface area contributed by atoms with Crippen molar-refractivity contribution in [3.63, 3.8) is 0 Å². The third-order valence-corrected chi connectivity index (χ3v) is 5.15. The molecule has 4 nitrogen and oxygen atoms in total. The first kappa shape index (κ1) is 17.0. The molecule has 0 saturated carbocycles. The number of aromatic nitrogens is 2. The van der Waals surface area contributed by atoms with Crippen molar-refractivity contribution >= 4 is 45.7 Å². The zero-order valence-corrected chi connectivity index (χ0v) is 15.0. The SMILES string of the molecule is O=C(CCSc1ccccn1)Nc1nc(-c2ccccc2Cl)cs1. The van der Waals surface area contributed by atoms with Crippen LogP contribution in [0.1, 0.15) is 6.42 Å². The Morgan fingerprint density at radius 2 is 2.04 bits per heavy atom. The second-order valence-electron chi connectivity index (χ2n) is 4.83. The van der Waals surface area contributed by atoms with E-state index < -0.39 is 0 Å². The van der Waals surface area contributed by atoms with Gasteiger partial charge in [0.25, 0.3) is 0 Å². The minimum absolute atomic E-state index is 0.0570. The molecule has 2 aromatic heterocycles. The third kappa shape index (κ3) is 4.56. The molecule has 2 heterocycles. The quantitative estimate of drug-likeness (QED) is 0.617. The summed E-state index contributed by atoms with van der Waals surface area (Å²) in [5.41, 5.74) is 1.63. The van der Waals surface area contributed by atoms with Gasteiger partial charge >= 0.3 is 0 Å². The van der Waals surface area contributed by atoms with E-state index in [1.54, 1.807) is 18.0 Å². The maximum atomic E-state index is 12.0. The molecule has 0 aliphatic carbocycles. The van der Waals surface area contributed by atoms with Crippen LogP contribution in [-0.4, -0.2) is 21.6 Å². The van der Waals surface area contributed by atoms with E-state index >= 15 is 0 Å². The summed E-state index contributed by atoms with van der Waals surface area (Å²) in [7, 11) is 0. The number of halogens is 1. The third-order valence-electron chi connectivity index (χ3n) is 3.12. The molecule has 0 unspecified atom stereocenters. The van der Waals surface area contributed by atoms with Crippen molar-refractivity contribution in [3.05, 3.63) is 59.1 Å². The summed E-state index contributed by atoms with van der Waals surface area (Å²) in [6.45, 7) is 0. The van der Waals surface area contributed by atoms with Crippen LogP contribution in [0.15, 0.2) is 59.1 Å². The highest BCUT2D eigenvalue weighted by molar-refractivity contribution is 7.99. The lowest BCUT2D eigenvalue weighted by Gasteiger charge is -2.02. The topological polar surface area (TPSA) is 54.9 Å². The Morgan fingerprint density at radius 3 is 2.83 bits per heavy atom. The maximum Gasteiger partial charge on any atom is 0.226 e. The van der Waals surface area contributed by atoms with Crippen molar-refractivity contribution in [1.29, 1.82) is 0 Å². The highest BCUT2D eigenvalue weighted by Gasteiger charge is 2.10. The number of pyridine rings is 1. The van der Waals surface area contributed by atoms with Gasteiger partial charge in [0.2, 0.25) is 5.91 Å². The number of hydrogen-bond donors (Lipinski definition) is 1. The first-order valence-electron chi connectivity index (χ1n) is 7.26. The fraction of sp³-hybridized carbons (Fsp3) is 0.118. The summed E-state index contributed by atoms with van der Waals surface area (Å²) in [5.74, 6) is 0.615. The van der Waals surface area contributed by atoms with Gasteiger partial charge in [-0.25, -0.2) is 9.97 Å². The van der Waals surface area contributed by atoms with E-state index in [-0.39, 0.29) is 5.91 Å². The van der Waals surface area contributed by atoms with Gasteiger partial charge < -0.3 is 5.32 Å². The number of nitrogens with zero attached hydrogens (tertiary/aromatic N) is 2. The van der Waals surface area contributed by atoms with Gasteiger partial charge in [0.05, 0.1) is 10.7 Å². The van der Waals surface area contributed by atoms with Gasteiger partial charge in [0.1, 0.15) is 0 Å². The van der Waals surface area contributed by atoms with E-state index in [1.165, 1.54) is 11.3 Å². The van der Waals surface area contributed by atoms with Crippen LogP contribution in [0.25, 0.3) is 11.3 Å². The smallest absolute Gasteiger partial charge is 0.226 e. The molecule has 7 heteroatoms. The van der Waals surface area contributed by atoms with Gasteiger partial charge in [-0.3, -0.25) is 4.79 Å². The van der Waals surface area contributed by atoms with Crippen LogP contribution in [0.4, 0.5) is 5.13 Å². The lowest BCUT2D eigenvalue weighted by atomic mass is 10.2. The summed E-state index contributed by atoms with van der Waals surface area (Å²) in [6.07, 6.45) is 2.15. The van der Waals surface area contributed by atoms with Crippen LogP contribution in [0.5, 0.6) is 0 Å². The Labute approximate surface area is 153 Å². The Kier molecular flexibility index (Phi) is 5.85. The van der Waals surface area contributed by atoms with Crippen molar-refractivity contribution < 1.29 is 4.79 Å². The Balaban J connectivity index is 1.53. The monoisotopic (exact) mass is 375 g/mol. The molecule has 0 fully saturated rings. The number of thiazole rings is 1. The van der Waals surface area contributed by atoms with Gasteiger partial charge in [-0.15, -0.1) is 23.1 Å². The van der Waals surface area contributed by atoms with Gasteiger partial charge in [0.15, 0.2) is 5.13 Å². The molecule has 1 amide bonds. The van der Waals surface area contributed by atoms with E-state index in [4.69, 9.17) is 11.6 Å². The molecule has 0 atom stereocenters. The maximum absolute atomic E-state index is 12.0. The fourth-order valence-electron chi connectivity index (χ4n) is 1.99. The number of benzene rings is 1. The zero-order valence-electron chi connectivity index (χ0n) is 12.6. The molecular formula is C17H14ClN3OS2. The molecule has 122 valence electrons. The minimum Gasteiger partial charge on any atom is -0.302 e. The molecule has 1 aromatic carbocycles. The molecule has 0 saturated heterocycles. The number of rotatable bonds is 6. The number of thioether (sulfide) groups is 1. The predicted molar refractivity (Wildman–Crippen MR) is 101 cm³/mol. The molecule has 0 aliphatic rings. The first-order valence-corrected chi connectivity index (χ1v) is 9.51. The molecule has 0 aliphatic heterocycles. The van der Waals surface area contributed by atoms with E-state index in [0.29, 0.717) is 22.3 Å². The molecular weight excluding hydrogens is 362 g/mol. The zero-order chi connectivity index (χ0) is 16.8. The van der Waals surface area contributed by atoms with Crippen LogP contribution in [0, 0.1) is 0 Å². The fourth-order valence-corrected chi connectivity index (χ4v) is 3.75. The Morgan fingerprint density at radius 1 is 1.21 bits per heavy atom. The second-order valence-corrected chi connectivity index (χ2v) is 7.21. The van der Waals surface area contributed by atoms with Crippen molar-refractivity contribution in [3.8, 4) is 11.3 Å². The molecule has 3 rings (SSSR count). The predicted octanol–water partition coefficient (Wildman–Crippen LogP) is 4.98. The number of hydrogen-bond acceptors (Lipinski definition) is 5. The number of carbonyl (C=O) groups is 1. The second kappa shape index (κ2) is 8.28.